The van der Waals surface area contributed by atoms with E-state index in [0.29, 0.717) is 18.2 Å². The topological polar surface area (TPSA) is 64.7 Å². The molecule has 2 heterocycles. The van der Waals surface area contributed by atoms with Crippen LogP contribution in [0.2, 0.25) is 0 Å². The van der Waals surface area contributed by atoms with Gasteiger partial charge < -0.3 is 9.88 Å². The van der Waals surface area contributed by atoms with Gasteiger partial charge in [-0.3, -0.25) is 9.48 Å². The third kappa shape index (κ3) is 4.27. The van der Waals surface area contributed by atoms with Crippen LogP contribution in [0, 0.1) is 5.92 Å². The lowest BCUT2D eigenvalue weighted by molar-refractivity contribution is 0.0930. The number of hydrogen-bond donors (Lipinski definition) is 1. The smallest absolute Gasteiger partial charge is 0.270 e. The minimum Gasteiger partial charge on any atom is -0.337 e. The quantitative estimate of drug-likeness (QED) is 0.698. The number of carbonyl (C=O) groups is 1. The van der Waals surface area contributed by atoms with E-state index in [4.69, 9.17) is 0 Å². The molecule has 0 aliphatic rings. The van der Waals surface area contributed by atoms with Gasteiger partial charge in [0, 0.05) is 26.0 Å². The summed E-state index contributed by atoms with van der Waals surface area (Å²) in [6.45, 7) is 6.95. The number of amides is 1. The lowest BCUT2D eigenvalue weighted by Crippen LogP contribution is -2.32. The van der Waals surface area contributed by atoms with E-state index in [1.165, 1.54) is 0 Å². The van der Waals surface area contributed by atoms with E-state index in [1.54, 1.807) is 10.9 Å². The van der Waals surface area contributed by atoms with Gasteiger partial charge in [-0.05, 0) is 30.9 Å². The Kier molecular flexibility index (Phi) is 5.74. The summed E-state index contributed by atoms with van der Waals surface area (Å²) < 4.78 is 3.70. The van der Waals surface area contributed by atoms with Crippen molar-refractivity contribution in [2.45, 2.75) is 39.8 Å². The second-order valence-electron chi connectivity index (χ2n) is 7.15. The fourth-order valence-electron chi connectivity index (χ4n) is 3.21. The van der Waals surface area contributed by atoms with Gasteiger partial charge in [-0.25, -0.2) is 4.98 Å². The lowest BCUT2D eigenvalue weighted by atomic mass is 10.1. The minimum absolute atomic E-state index is 0.142. The van der Waals surface area contributed by atoms with E-state index in [1.807, 2.05) is 61.1 Å². The van der Waals surface area contributed by atoms with E-state index in [-0.39, 0.29) is 11.9 Å². The van der Waals surface area contributed by atoms with Gasteiger partial charge in [-0.2, -0.15) is 5.10 Å². The summed E-state index contributed by atoms with van der Waals surface area (Å²) >= 11 is 0. The Morgan fingerprint density at radius 1 is 1.22 bits per heavy atom. The highest BCUT2D eigenvalue weighted by molar-refractivity contribution is 5.93. The highest BCUT2D eigenvalue weighted by Gasteiger charge is 2.23. The molecule has 2 aromatic heterocycles. The first-order valence-corrected chi connectivity index (χ1v) is 9.39. The Balaban J connectivity index is 1.91. The van der Waals surface area contributed by atoms with Gasteiger partial charge >= 0.3 is 0 Å². The molecule has 0 saturated carbocycles. The average molecular weight is 365 g/mol. The average Bonchev–Trinajstić information content (AvgIpc) is 3.25. The maximum atomic E-state index is 13.1. The standard InChI is InChI=1S/C21H27N5O/c1-5-26-18(14-17(24-26)13-15(2)3)21(27)23-19(16-9-7-6-8-10-16)20-22-11-12-25(20)4/h6-12,14-15,19H,5,13H2,1-4H3,(H,23,27)/t19-/m1/s1. The van der Waals surface area contributed by atoms with Crippen LogP contribution in [0.3, 0.4) is 0 Å². The Bertz CT molecular complexity index is 894. The number of aromatic nitrogens is 4. The van der Waals surface area contributed by atoms with Crippen LogP contribution < -0.4 is 5.32 Å². The summed E-state index contributed by atoms with van der Waals surface area (Å²) in [4.78, 5) is 17.6. The first-order chi connectivity index (χ1) is 13.0. The largest absolute Gasteiger partial charge is 0.337 e. The number of hydrogen-bond acceptors (Lipinski definition) is 3. The van der Waals surface area contributed by atoms with E-state index >= 15 is 0 Å². The van der Waals surface area contributed by atoms with Crippen molar-refractivity contribution in [1.82, 2.24) is 24.6 Å². The Morgan fingerprint density at radius 2 is 1.96 bits per heavy atom. The van der Waals surface area contributed by atoms with Crippen molar-refractivity contribution >= 4 is 5.91 Å². The predicted molar refractivity (Wildman–Crippen MR) is 105 cm³/mol. The third-order valence-corrected chi connectivity index (χ3v) is 4.51. The lowest BCUT2D eigenvalue weighted by Gasteiger charge is -2.19. The molecule has 0 saturated heterocycles. The predicted octanol–water partition coefficient (Wildman–Crippen LogP) is 3.35. The van der Waals surface area contributed by atoms with Gasteiger partial charge in [0.15, 0.2) is 0 Å². The van der Waals surface area contributed by atoms with Crippen molar-refractivity contribution in [3.8, 4) is 0 Å². The van der Waals surface area contributed by atoms with E-state index in [2.05, 4.69) is 29.2 Å². The third-order valence-electron chi connectivity index (χ3n) is 4.51. The second kappa shape index (κ2) is 8.20. The Hall–Kier alpha value is -2.89. The summed E-state index contributed by atoms with van der Waals surface area (Å²) in [5.74, 6) is 1.14. The number of imidazole rings is 1. The minimum atomic E-state index is -0.326. The van der Waals surface area contributed by atoms with Gasteiger partial charge in [-0.15, -0.1) is 0 Å². The second-order valence-corrected chi connectivity index (χ2v) is 7.15. The molecule has 0 spiro atoms. The van der Waals surface area contributed by atoms with Crippen molar-refractivity contribution < 1.29 is 4.79 Å². The number of nitrogens with one attached hydrogen (secondary N) is 1. The molecule has 1 aromatic carbocycles. The van der Waals surface area contributed by atoms with Crippen LogP contribution in [-0.4, -0.2) is 25.2 Å². The molecule has 1 atom stereocenters. The molecule has 0 bridgehead atoms. The van der Waals surface area contributed by atoms with Gasteiger partial charge in [0.05, 0.1) is 5.69 Å². The van der Waals surface area contributed by atoms with Gasteiger partial charge in [-0.1, -0.05) is 44.2 Å². The van der Waals surface area contributed by atoms with Gasteiger partial charge in [0.1, 0.15) is 17.6 Å². The highest BCUT2D eigenvalue weighted by Crippen LogP contribution is 2.21. The van der Waals surface area contributed by atoms with Crippen LogP contribution in [-0.2, 0) is 20.0 Å². The molecule has 142 valence electrons. The fraction of sp³-hybridized carbons (Fsp3) is 0.381. The van der Waals surface area contributed by atoms with Gasteiger partial charge in [0.2, 0.25) is 0 Å². The molecular weight excluding hydrogens is 338 g/mol. The first-order valence-electron chi connectivity index (χ1n) is 9.39. The zero-order valence-corrected chi connectivity index (χ0v) is 16.4. The zero-order chi connectivity index (χ0) is 19.4. The monoisotopic (exact) mass is 365 g/mol. The van der Waals surface area contributed by atoms with Crippen molar-refractivity contribution in [2.75, 3.05) is 0 Å². The molecule has 1 amide bonds. The van der Waals surface area contributed by atoms with Crippen LogP contribution >= 0.6 is 0 Å². The molecule has 6 heteroatoms. The van der Waals surface area contributed by atoms with Crippen LogP contribution in [0.25, 0.3) is 0 Å². The van der Waals surface area contributed by atoms with Crippen LogP contribution in [0.15, 0.2) is 48.8 Å². The SMILES string of the molecule is CCn1nc(CC(C)C)cc1C(=O)N[C@H](c1ccccc1)c1nccn1C. The van der Waals surface area contributed by atoms with Crippen LogP contribution in [0.4, 0.5) is 0 Å². The van der Waals surface area contributed by atoms with Gasteiger partial charge in [0.25, 0.3) is 5.91 Å². The van der Waals surface area contributed by atoms with Crippen molar-refractivity contribution in [3.63, 3.8) is 0 Å². The van der Waals surface area contributed by atoms with Crippen molar-refractivity contribution in [1.29, 1.82) is 0 Å². The molecular formula is C21H27N5O. The Labute approximate surface area is 160 Å². The molecule has 0 unspecified atom stereocenters. The van der Waals surface area contributed by atoms with Crippen molar-refractivity contribution in [2.24, 2.45) is 13.0 Å². The molecule has 1 N–H and O–H groups in total. The molecule has 3 rings (SSSR count). The maximum Gasteiger partial charge on any atom is 0.270 e. The summed E-state index contributed by atoms with van der Waals surface area (Å²) in [5.41, 5.74) is 2.53. The summed E-state index contributed by atoms with van der Waals surface area (Å²) in [6, 6.07) is 11.5. The summed E-state index contributed by atoms with van der Waals surface area (Å²) in [5, 5.41) is 7.74. The molecule has 0 aliphatic carbocycles. The highest BCUT2D eigenvalue weighted by atomic mass is 16.2. The number of benzene rings is 1. The zero-order valence-electron chi connectivity index (χ0n) is 16.4. The molecule has 0 radical (unpaired) electrons. The van der Waals surface area contributed by atoms with Crippen LogP contribution in [0.5, 0.6) is 0 Å². The maximum absolute atomic E-state index is 13.1. The molecule has 6 nitrogen and oxygen atoms in total. The number of carbonyl (C=O) groups excluding carboxylic acids is 1. The summed E-state index contributed by atoms with van der Waals surface area (Å²) in [7, 11) is 1.93. The summed E-state index contributed by atoms with van der Waals surface area (Å²) in [6.07, 6.45) is 4.48. The van der Waals surface area contributed by atoms with Crippen molar-refractivity contribution in [3.05, 3.63) is 71.6 Å². The Morgan fingerprint density at radius 3 is 2.56 bits per heavy atom. The molecule has 3 aromatic rings. The molecule has 0 fully saturated rings. The number of rotatable bonds is 7. The molecule has 0 aliphatic heterocycles. The van der Waals surface area contributed by atoms with Crippen LogP contribution in [0.1, 0.15) is 54.4 Å². The van der Waals surface area contributed by atoms with E-state index < -0.39 is 0 Å². The normalized spacial score (nSPS) is 12.3. The van der Waals surface area contributed by atoms with E-state index in [0.717, 1.165) is 23.5 Å². The fourth-order valence-corrected chi connectivity index (χ4v) is 3.21. The number of aryl methyl sites for hydroxylation is 2. The van der Waals surface area contributed by atoms with E-state index in [9.17, 15) is 4.79 Å². The number of nitrogens with zero attached hydrogens (tertiary/aromatic N) is 4. The molecule has 27 heavy (non-hydrogen) atoms. The first kappa shape index (κ1) is 18.9.